The normalized spacial score (nSPS) is 33.8. The quantitative estimate of drug-likeness (QED) is 0.632. The van der Waals surface area contributed by atoms with Crippen LogP contribution in [-0.4, -0.2) is 44.6 Å². The molecule has 2 amide bonds. The van der Waals surface area contributed by atoms with Gasteiger partial charge in [-0.1, -0.05) is 35.6 Å². The lowest BCUT2D eigenvalue weighted by molar-refractivity contribution is -0.142. The molecule has 0 unspecified atom stereocenters. The van der Waals surface area contributed by atoms with Crippen molar-refractivity contribution >= 4 is 40.9 Å². The largest absolute Gasteiger partial charge is 0.481 e. The Bertz CT molecular complexity index is 1240. The minimum atomic E-state index is -0.919. The Labute approximate surface area is 198 Å². The van der Waals surface area contributed by atoms with Crippen molar-refractivity contribution in [1.29, 1.82) is 0 Å². The maximum absolute atomic E-state index is 13.4. The maximum Gasteiger partial charge on any atom is 0.305 e. The summed E-state index contributed by atoms with van der Waals surface area (Å²) in [6, 6.07) is 8.26. The van der Waals surface area contributed by atoms with Gasteiger partial charge in [-0.2, -0.15) is 0 Å². The second kappa shape index (κ2) is 7.56. The van der Waals surface area contributed by atoms with Crippen LogP contribution in [0.1, 0.15) is 41.2 Å². The van der Waals surface area contributed by atoms with E-state index in [0.29, 0.717) is 0 Å². The predicted molar refractivity (Wildman–Crippen MR) is 123 cm³/mol. The fourth-order valence-corrected chi connectivity index (χ4v) is 9.85. The molecule has 0 spiro atoms. The van der Waals surface area contributed by atoms with Gasteiger partial charge < -0.3 is 10.1 Å². The third-order valence-corrected chi connectivity index (χ3v) is 10.7. The minimum absolute atomic E-state index is 0.0383. The van der Waals surface area contributed by atoms with Crippen molar-refractivity contribution in [2.75, 3.05) is 6.54 Å². The van der Waals surface area contributed by atoms with Gasteiger partial charge in [-0.15, -0.1) is 11.8 Å². The van der Waals surface area contributed by atoms with E-state index >= 15 is 0 Å². The van der Waals surface area contributed by atoms with Gasteiger partial charge in [0.2, 0.25) is 11.8 Å². The van der Waals surface area contributed by atoms with Gasteiger partial charge in [0, 0.05) is 29.0 Å². The van der Waals surface area contributed by atoms with Gasteiger partial charge in [-0.05, 0) is 48.6 Å². The van der Waals surface area contributed by atoms with E-state index in [1.165, 1.54) is 27.4 Å². The molecule has 9 heteroatoms. The number of carbonyl (C=O) groups is 3. The highest BCUT2D eigenvalue weighted by atomic mass is 32.2. The number of carboxylic acids is 1. The number of imide groups is 1. The Morgan fingerprint density at radius 1 is 1.15 bits per heavy atom. The van der Waals surface area contributed by atoms with Crippen molar-refractivity contribution in [1.82, 2.24) is 9.88 Å². The number of likely N-dealkylation sites (tertiary alicyclic amines) is 1. The van der Waals surface area contributed by atoms with Gasteiger partial charge in [-0.3, -0.25) is 24.1 Å². The van der Waals surface area contributed by atoms with Crippen molar-refractivity contribution < 1.29 is 19.5 Å². The summed E-state index contributed by atoms with van der Waals surface area (Å²) < 4.78 is 0. The number of aliphatic carboxylic acids is 1. The lowest BCUT2D eigenvalue weighted by Gasteiger charge is -2.43. The molecule has 7 atom stereocenters. The number of hydrogen-bond donors (Lipinski definition) is 2. The summed E-state index contributed by atoms with van der Waals surface area (Å²) in [7, 11) is 0. The molecule has 2 saturated carbocycles. The summed E-state index contributed by atoms with van der Waals surface area (Å²) >= 11 is 2.96. The number of fused-ring (bicyclic) bond motifs is 9. The second-order valence-electron chi connectivity index (χ2n) is 9.64. The lowest BCUT2D eigenvalue weighted by atomic mass is 9.67. The number of carbonyl (C=O) groups excluding carboxylic acids is 2. The van der Waals surface area contributed by atoms with Crippen LogP contribution in [0.25, 0.3) is 0 Å². The molecule has 2 aliphatic heterocycles. The standard InChI is InChI=1S/C24H24N2O5S2/c1-10-5-2-3-6-11(10)15-16-12-9-13(19(16)32-21-20(15)33-24(31)25-21)18-17(12)22(29)26(23(18)30)8-4-7-14(27)28/h2-3,5-6,12-13,15-19H,4,7-9H2,1H3,(H,25,31)(H,27,28)/t12-,13+,15-,16+,17-,18+,19-/m1/s1. The van der Waals surface area contributed by atoms with Crippen LogP contribution < -0.4 is 4.87 Å². The van der Waals surface area contributed by atoms with E-state index in [1.807, 2.05) is 12.1 Å². The van der Waals surface area contributed by atoms with Crippen LogP contribution in [0, 0.1) is 36.5 Å². The highest BCUT2D eigenvalue weighted by Gasteiger charge is 2.69. The van der Waals surface area contributed by atoms with E-state index in [9.17, 15) is 19.2 Å². The van der Waals surface area contributed by atoms with Gasteiger partial charge in [-0.25, -0.2) is 0 Å². The Kier molecular flexibility index (Phi) is 4.85. The molecule has 6 rings (SSSR count). The molecule has 2 bridgehead atoms. The number of benzene rings is 1. The van der Waals surface area contributed by atoms with Gasteiger partial charge in [0.1, 0.15) is 0 Å². The number of aromatic nitrogens is 1. The monoisotopic (exact) mass is 484 g/mol. The number of nitrogens with one attached hydrogen (secondary N) is 1. The first-order valence-corrected chi connectivity index (χ1v) is 13.1. The molecule has 1 aromatic carbocycles. The van der Waals surface area contributed by atoms with E-state index in [2.05, 4.69) is 24.0 Å². The molecular weight excluding hydrogens is 460 g/mol. The predicted octanol–water partition coefficient (Wildman–Crippen LogP) is 3.08. The zero-order chi connectivity index (χ0) is 23.0. The summed E-state index contributed by atoms with van der Waals surface area (Å²) in [5.41, 5.74) is 2.37. The van der Waals surface area contributed by atoms with Gasteiger partial charge in [0.25, 0.3) is 0 Å². The summed E-state index contributed by atoms with van der Waals surface area (Å²) in [6.45, 7) is 2.27. The number of hydrogen-bond acceptors (Lipinski definition) is 6. The molecule has 2 aromatic rings. The molecule has 2 aliphatic carbocycles. The smallest absolute Gasteiger partial charge is 0.305 e. The molecule has 2 N–H and O–H groups in total. The van der Waals surface area contributed by atoms with Crippen molar-refractivity contribution in [3.05, 3.63) is 49.9 Å². The molecule has 0 radical (unpaired) electrons. The third kappa shape index (κ3) is 3.01. The number of nitrogens with zero attached hydrogens (tertiary/aromatic N) is 1. The fourth-order valence-electron chi connectivity index (χ4n) is 6.97. The number of H-pyrrole nitrogens is 1. The summed E-state index contributed by atoms with van der Waals surface area (Å²) in [5.74, 6) is -1.39. The van der Waals surface area contributed by atoms with Gasteiger partial charge in [0.15, 0.2) is 0 Å². The lowest BCUT2D eigenvalue weighted by Crippen LogP contribution is -2.42. The molecule has 1 saturated heterocycles. The maximum atomic E-state index is 13.4. The topological polar surface area (TPSA) is 108 Å². The minimum Gasteiger partial charge on any atom is -0.481 e. The Morgan fingerprint density at radius 3 is 2.61 bits per heavy atom. The molecule has 33 heavy (non-hydrogen) atoms. The summed E-state index contributed by atoms with van der Waals surface area (Å²) in [6.07, 6.45) is 1.09. The zero-order valence-corrected chi connectivity index (χ0v) is 19.7. The molecule has 4 aliphatic rings. The summed E-state index contributed by atoms with van der Waals surface area (Å²) in [4.78, 5) is 55.2. The highest BCUT2D eigenvalue weighted by molar-refractivity contribution is 8.00. The third-order valence-electron chi connectivity index (χ3n) is 8.11. The van der Waals surface area contributed by atoms with E-state index in [0.717, 1.165) is 16.3 Å². The van der Waals surface area contributed by atoms with E-state index in [1.54, 1.807) is 11.8 Å². The van der Waals surface area contributed by atoms with Crippen molar-refractivity contribution in [3.8, 4) is 0 Å². The average Bonchev–Trinajstić information content (AvgIpc) is 3.49. The summed E-state index contributed by atoms with van der Waals surface area (Å²) in [5, 5.41) is 10.0. The van der Waals surface area contributed by atoms with E-state index in [4.69, 9.17) is 5.11 Å². The Balaban J connectivity index is 1.39. The first kappa shape index (κ1) is 21.2. The molecule has 172 valence electrons. The highest BCUT2D eigenvalue weighted by Crippen LogP contribution is 2.68. The number of carboxylic acid groups (broad SMARTS) is 1. The van der Waals surface area contributed by atoms with Crippen LogP contribution in [0.4, 0.5) is 0 Å². The fraction of sp³-hybridized carbons (Fsp3) is 0.500. The SMILES string of the molecule is Cc1ccccc1[C@H]1c2sc(=O)[nH]c2S[C@@H]2[C@H]3C[C@@H]([C@H]4C(=O)N(CCCC(=O)O)C(=O)[C@@H]34)[C@@H]12. The zero-order valence-electron chi connectivity index (χ0n) is 18.0. The molecule has 3 heterocycles. The average molecular weight is 485 g/mol. The first-order chi connectivity index (χ1) is 15.9. The number of aryl methyl sites for hydroxylation is 1. The van der Waals surface area contributed by atoms with Crippen LogP contribution in [0.2, 0.25) is 0 Å². The second-order valence-corrected chi connectivity index (χ2v) is 11.8. The number of thiazole rings is 1. The molecule has 3 fully saturated rings. The first-order valence-electron chi connectivity index (χ1n) is 11.4. The number of thioether (sulfide) groups is 1. The number of rotatable bonds is 5. The van der Waals surface area contributed by atoms with E-state index < -0.39 is 5.97 Å². The Morgan fingerprint density at radius 2 is 1.88 bits per heavy atom. The molecule has 1 aromatic heterocycles. The van der Waals surface area contributed by atoms with Crippen LogP contribution in [0.15, 0.2) is 34.1 Å². The number of aromatic amines is 1. The van der Waals surface area contributed by atoms with Crippen molar-refractivity contribution in [2.45, 2.75) is 42.4 Å². The van der Waals surface area contributed by atoms with Crippen LogP contribution in [0.3, 0.4) is 0 Å². The van der Waals surface area contributed by atoms with Crippen LogP contribution in [0.5, 0.6) is 0 Å². The molecular formula is C24H24N2O5S2. The van der Waals surface area contributed by atoms with Crippen LogP contribution in [-0.2, 0) is 14.4 Å². The van der Waals surface area contributed by atoms with E-state index in [-0.39, 0.29) is 76.8 Å². The van der Waals surface area contributed by atoms with Crippen molar-refractivity contribution in [3.63, 3.8) is 0 Å². The Hall–Kier alpha value is -2.39. The van der Waals surface area contributed by atoms with Crippen LogP contribution >= 0.6 is 23.1 Å². The van der Waals surface area contributed by atoms with Gasteiger partial charge in [0.05, 0.1) is 16.9 Å². The number of amides is 2. The van der Waals surface area contributed by atoms with Gasteiger partial charge >= 0.3 is 10.8 Å². The van der Waals surface area contributed by atoms with Crippen molar-refractivity contribution in [2.24, 2.45) is 29.6 Å². The molecule has 7 nitrogen and oxygen atoms in total.